The normalized spacial score (nSPS) is 13.3. The zero-order valence-electron chi connectivity index (χ0n) is 14.5. The molecule has 122 valence electrons. The highest BCUT2D eigenvalue weighted by Gasteiger charge is 2.16. The van der Waals surface area contributed by atoms with Crippen LogP contribution in [-0.2, 0) is 17.8 Å². The topological polar surface area (TPSA) is 37.6 Å². The average Bonchev–Trinajstić information content (AvgIpc) is 2.80. The molecule has 0 aliphatic rings. The SMILES string of the molecule is CCC(C)N(CCOC)Cc1cc(CNC(C)C)c(C)o1. The highest BCUT2D eigenvalue weighted by Crippen LogP contribution is 2.18. The molecule has 1 N–H and O–H groups in total. The fourth-order valence-corrected chi connectivity index (χ4v) is 2.28. The minimum Gasteiger partial charge on any atom is -0.465 e. The molecule has 0 aromatic carbocycles. The Hall–Kier alpha value is -0.840. The van der Waals surface area contributed by atoms with E-state index in [0.29, 0.717) is 12.1 Å². The van der Waals surface area contributed by atoms with Crippen LogP contribution in [0.2, 0.25) is 0 Å². The van der Waals surface area contributed by atoms with Crippen molar-refractivity contribution in [3.05, 3.63) is 23.2 Å². The van der Waals surface area contributed by atoms with Crippen LogP contribution in [-0.4, -0.2) is 37.2 Å². The molecule has 0 bridgehead atoms. The fraction of sp³-hybridized carbons (Fsp3) is 0.765. The summed E-state index contributed by atoms with van der Waals surface area (Å²) >= 11 is 0. The lowest BCUT2D eigenvalue weighted by Gasteiger charge is -2.27. The number of methoxy groups -OCH3 is 1. The molecular weight excluding hydrogens is 264 g/mol. The first-order valence-corrected chi connectivity index (χ1v) is 8.02. The Morgan fingerprint density at radius 2 is 2.05 bits per heavy atom. The lowest BCUT2D eigenvalue weighted by Crippen LogP contribution is -2.34. The van der Waals surface area contributed by atoms with Crippen molar-refractivity contribution in [2.45, 2.75) is 66.2 Å². The van der Waals surface area contributed by atoms with Crippen molar-refractivity contribution in [2.75, 3.05) is 20.3 Å². The monoisotopic (exact) mass is 296 g/mol. The largest absolute Gasteiger partial charge is 0.465 e. The molecule has 1 aromatic heterocycles. The summed E-state index contributed by atoms with van der Waals surface area (Å²) in [5.74, 6) is 2.07. The van der Waals surface area contributed by atoms with E-state index in [1.807, 2.05) is 6.92 Å². The van der Waals surface area contributed by atoms with Gasteiger partial charge in [0.1, 0.15) is 11.5 Å². The van der Waals surface area contributed by atoms with Crippen molar-refractivity contribution in [3.63, 3.8) is 0 Å². The number of aryl methyl sites for hydroxylation is 1. The molecule has 0 spiro atoms. The van der Waals surface area contributed by atoms with Crippen LogP contribution >= 0.6 is 0 Å². The first-order valence-electron chi connectivity index (χ1n) is 8.02. The molecule has 0 saturated carbocycles. The van der Waals surface area contributed by atoms with Gasteiger partial charge < -0.3 is 14.5 Å². The number of ether oxygens (including phenoxy) is 1. The second kappa shape index (κ2) is 9.23. The second-order valence-electron chi connectivity index (χ2n) is 6.05. The molecule has 1 aromatic rings. The lowest BCUT2D eigenvalue weighted by atomic mass is 10.2. The molecule has 0 amide bonds. The molecule has 0 aliphatic carbocycles. The van der Waals surface area contributed by atoms with Crippen LogP contribution in [0.4, 0.5) is 0 Å². The van der Waals surface area contributed by atoms with Gasteiger partial charge in [-0.15, -0.1) is 0 Å². The lowest BCUT2D eigenvalue weighted by molar-refractivity contribution is 0.112. The molecule has 1 rings (SSSR count). The molecule has 0 saturated heterocycles. The summed E-state index contributed by atoms with van der Waals surface area (Å²) in [6, 6.07) is 3.20. The van der Waals surface area contributed by atoms with E-state index in [4.69, 9.17) is 9.15 Å². The Kier molecular flexibility index (Phi) is 8.01. The van der Waals surface area contributed by atoms with E-state index in [0.717, 1.165) is 44.2 Å². The van der Waals surface area contributed by atoms with Crippen molar-refractivity contribution >= 4 is 0 Å². The standard InChI is InChI=1S/C17H32N2O2/c1-7-14(4)19(8-9-20-6)12-17-10-16(15(5)21-17)11-18-13(2)3/h10,13-14,18H,7-9,11-12H2,1-6H3. The highest BCUT2D eigenvalue weighted by atomic mass is 16.5. The number of rotatable bonds is 10. The summed E-state index contributed by atoms with van der Waals surface area (Å²) in [4.78, 5) is 2.42. The van der Waals surface area contributed by atoms with Crippen molar-refractivity contribution < 1.29 is 9.15 Å². The van der Waals surface area contributed by atoms with Crippen molar-refractivity contribution in [2.24, 2.45) is 0 Å². The van der Waals surface area contributed by atoms with Gasteiger partial charge in [0, 0.05) is 37.8 Å². The second-order valence-corrected chi connectivity index (χ2v) is 6.05. The van der Waals surface area contributed by atoms with Gasteiger partial charge in [-0.25, -0.2) is 0 Å². The predicted molar refractivity (Wildman–Crippen MR) is 87.5 cm³/mol. The van der Waals surface area contributed by atoms with Crippen LogP contribution in [0.1, 0.15) is 51.2 Å². The molecule has 1 unspecified atom stereocenters. The molecule has 1 atom stereocenters. The zero-order chi connectivity index (χ0) is 15.8. The maximum absolute atomic E-state index is 5.93. The number of nitrogens with zero attached hydrogens (tertiary/aromatic N) is 1. The van der Waals surface area contributed by atoms with Crippen molar-refractivity contribution in [1.29, 1.82) is 0 Å². The summed E-state index contributed by atoms with van der Waals surface area (Å²) in [6.07, 6.45) is 1.13. The number of hydrogen-bond acceptors (Lipinski definition) is 4. The van der Waals surface area contributed by atoms with E-state index in [2.05, 4.69) is 44.0 Å². The molecule has 0 radical (unpaired) electrons. The number of nitrogens with one attached hydrogen (secondary N) is 1. The van der Waals surface area contributed by atoms with E-state index in [9.17, 15) is 0 Å². The van der Waals surface area contributed by atoms with Crippen molar-refractivity contribution in [1.82, 2.24) is 10.2 Å². The molecule has 0 fully saturated rings. The van der Waals surface area contributed by atoms with E-state index < -0.39 is 0 Å². The van der Waals surface area contributed by atoms with Crippen LogP contribution < -0.4 is 5.32 Å². The van der Waals surface area contributed by atoms with Gasteiger partial charge in [-0.2, -0.15) is 0 Å². The first-order chi connectivity index (χ1) is 9.97. The van der Waals surface area contributed by atoms with Crippen LogP contribution in [0, 0.1) is 6.92 Å². The van der Waals surface area contributed by atoms with E-state index in [1.165, 1.54) is 5.56 Å². The summed E-state index contributed by atoms with van der Waals surface area (Å²) in [6.45, 7) is 14.2. The fourth-order valence-electron chi connectivity index (χ4n) is 2.28. The predicted octanol–water partition coefficient (Wildman–Crippen LogP) is 3.33. The third-order valence-corrected chi connectivity index (χ3v) is 3.93. The van der Waals surface area contributed by atoms with Crippen LogP contribution in [0.3, 0.4) is 0 Å². The maximum atomic E-state index is 5.93. The Morgan fingerprint density at radius 3 is 2.62 bits per heavy atom. The Balaban J connectivity index is 2.68. The molecule has 1 heterocycles. The van der Waals surface area contributed by atoms with E-state index >= 15 is 0 Å². The van der Waals surface area contributed by atoms with Crippen LogP contribution in [0.5, 0.6) is 0 Å². The van der Waals surface area contributed by atoms with Gasteiger partial charge in [0.05, 0.1) is 13.2 Å². The van der Waals surface area contributed by atoms with Gasteiger partial charge in [-0.1, -0.05) is 20.8 Å². The molecule has 4 heteroatoms. The smallest absolute Gasteiger partial charge is 0.118 e. The number of furan rings is 1. The highest BCUT2D eigenvalue weighted by molar-refractivity contribution is 5.20. The van der Waals surface area contributed by atoms with Gasteiger partial charge in [-0.05, 0) is 26.3 Å². The van der Waals surface area contributed by atoms with Gasteiger partial charge in [0.2, 0.25) is 0 Å². The van der Waals surface area contributed by atoms with E-state index in [-0.39, 0.29) is 0 Å². The zero-order valence-corrected chi connectivity index (χ0v) is 14.5. The Bertz CT molecular complexity index is 401. The van der Waals surface area contributed by atoms with Gasteiger partial charge >= 0.3 is 0 Å². The van der Waals surface area contributed by atoms with Gasteiger partial charge in [0.15, 0.2) is 0 Å². The average molecular weight is 296 g/mol. The van der Waals surface area contributed by atoms with E-state index in [1.54, 1.807) is 7.11 Å². The quantitative estimate of drug-likeness (QED) is 0.718. The third-order valence-electron chi connectivity index (χ3n) is 3.93. The van der Waals surface area contributed by atoms with Crippen LogP contribution in [0.25, 0.3) is 0 Å². The van der Waals surface area contributed by atoms with Crippen molar-refractivity contribution in [3.8, 4) is 0 Å². The maximum Gasteiger partial charge on any atom is 0.118 e. The molecular formula is C17H32N2O2. The summed E-state index contributed by atoms with van der Waals surface area (Å²) in [5, 5.41) is 3.44. The number of hydrogen-bond donors (Lipinski definition) is 1. The minimum absolute atomic E-state index is 0.487. The molecule has 4 nitrogen and oxygen atoms in total. The summed E-state index contributed by atoms with van der Waals surface area (Å²) < 4.78 is 11.1. The molecule has 21 heavy (non-hydrogen) atoms. The summed E-state index contributed by atoms with van der Waals surface area (Å²) in [7, 11) is 1.75. The third kappa shape index (κ3) is 6.20. The minimum atomic E-state index is 0.487. The van der Waals surface area contributed by atoms with Gasteiger partial charge in [0.25, 0.3) is 0 Å². The summed E-state index contributed by atoms with van der Waals surface area (Å²) in [5.41, 5.74) is 1.26. The van der Waals surface area contributed by atoms with Crippen LogP contribution in [0.15, 0.2) is 10.5 Å². The molecule has 0 aliphatic heterocycles. The first kappa shape index (κ1) is 18.2. The Labute approximate surface area is 129 Å². The Morgan fingerprint density at radius 1 is 1.33 bits per heavy atom. The van der Waals surface area contributed by atoms with Gasteiger partial charge in [-0.3, -0.25) is 4.90 Å².